The molecule has 0 bridgehead atoms. The van der Waals surface area contributed by atoms with E-state index in [1.54, 1.807) is 31.2 Å². The summed E-state index contributed by atoms with van der Waals surface area (Å²) in [7, 11) is -3.77. The van der Waals surface area contributed by atoms with E-state index < -0.39 is 15.9 Å². The maximum Gasteiger partial charge on any atom is 0.279 e. The fourth-order valence-corrected chi connectivity index (χ4v) is 6.57. The highest BCUT2D eigenvalue weighted by Gasteiger charge is 2.23. The number of carbonyl (C=O) groups excluding carboxylic acids is 1. The lowest BCUT2D eigenvalue weighted by molar-refractivity contribution is 0.0997. The average Bonchev–Trinajstić information content (AvgIpc) is 3.23. The van der Waals surface area contributed by atoms with Crippen molar-refractivity contribution in [1.82, 2.24) is 4.57 Å². The zero-order chi connectivity index (χ0) is 25.7. The largest absolute Gasteiger partial charge is 0.492 e. The fourth-order valence-electron chi connectivity index (χ4n) is 4.02. The van der Waals surface area contributed by atoms with Crippen molar-refractivity contribution < 1.29 is 17.9 Å². The van der Waals surface area contributed by atoms with Crippen LogP contribution in [0.25, 0.3) is 10.2 Å². The fraction of sp³-hybridized carbons (Fsp3) is 0.259. The van der Waals surface area contributed by atoms with E-state index >= 15 is 0 Å². The molecule has 1 amide bonds. The number of hydrogen-bond donors (Lipinski definition) is 0. The minimum absolute atomic E-state index is 0.119. The van der Waals surface area contributed by atoms with Gasteiger partial charge in [0.05, 0.1) is 21.9 Å². The van der Waals surface area contributed by atoms with Gasteiger partial charge in [-0.3, -0.25) is 9.10 Å². The van der Waals surface area contributed by atoms with Crippen molar-refractivity contribution >= 4 is 43.2 Å². The second-order valence-electron chi connectivity index (χ2n) is 8.02. The smallest absolute Gasteiger partial charge is 0.279 e. The summed E-state index contributed by atoms with van der Waals surface area (Å²) in [6.07, 6.45) is 0.871. The molecular weight excluding hydrogens is 494 g/mol. The van der Waals surface area contributed by atoms with Crippen LogP contribution in [0.4, 0.5) is 5.69 Å². The molecule has 9 heteroatoms. The van der Waals surface area contributed by atoms with Gasteiger partial charge in [0.2, 0.25) is 0 Å². The number of carbonyl (C=O) groups is 1. The van der Waals surface area contributed by atoms with Crippen LogP contribution in [0.5, 0.6) is 5.75 Å². The Labute approximate surface area is 215 Å². The number of aryl methyl sites for hydroxylation is 1. The first-order valence-electron chi connectivity index (χ1n) is 11.9. The molecule has 0 aliphatic heterocycles. The van der Waals surface area contributed by atoms with Crippen LogP contribution < -0.4 is 13.8 Å². The van der Waals surface area contributed by atoms with Crippen LogP contribution in [-0.4, -0.2) is 32.0 Å². The van der Waals surface area contributed by atoms with Gasteiger partial charge in [-0.15, -0.1) is 0 Å². The first-order chi connectivity index (χ1) is 17.4. The number of hydrogen-bond acceptors (Lipinski definition) is 5. The van der Waals surface area contributed by atoms with Crippen molar-refractivity contribution in [3.05, 3.63) is 83.2 Å². The van der Waals surface area contributed by atoms with Gasteiger partial charge in [0.15, 0.2) is 4.80 Å². The van der Waals surface area contributed by atoms with E-state index in [0.717, 1.165) is 22.4 Å². The van der Waals surface area contributed by atoms with Crippen LogP contribution in [0.15, 0.2) is 82.7 Å². The molecule has 36 heavy (non-hydrogen) atoms. The third-order valence-corrected chi connectivity index (χ3v) is 8.59. The lowest BCUT2D eigenvalue weighted by Gasteiger charge is -2.22. The molecule has 0 atom stereocenters. The first-order valence-corrected chi connectivity index (χ1v) is 14.2. The van der Waals surface area contributed by atoms with Crippen LogP contribution in [0.2, 0.25) is 0 Å². The van der Waals surface area contributed by atoms with Crippen LogP contribution in [0.1, 0.15) is 37.6 Å². The van der Waals surface area contributed by atoms with E-state index in [1.807, 2.05) is 35.8 Å². The Balaban J connectivity index is 1.68. The van der Waals surface area contributed by atoms with Gasteiger partial charge in [0.1, 0.15) is 11.3 Å². The number of nitrogens with zero attached hydrogens (tertiary/aromatic N) is 3. The molecule has 0 radical (unpaired) electrons. The summed E-state index contributed by atoms with van der Waals surface area (Å²) in [4.78, 5) is 18.2. The van der Waals surface area contributed by atoms with Gasteiger partial charge in [-0.25, -0.2) is 8.42 Å². The highest BCUT2D eigenvalue weighted by atomic mass is 32.2. The van der Waals surface area contributed by atoms with Crippen molar-refractivity contribution in [3.8, 4) is 5.75 Å². The molecule has 0 unspecified atom stereocenters. The van der Waals surface area contributed by atoms with E-state index in [9.17, 15) is 13.2 Å². The average molecular weight is 524 g/mol. The number of para-hydroxylation sites is 2. The SMILES string of the molecule is CCCn1c(=NC(=O)c2ccc(S(=O)(=O)N(CC)c3ccccc3)cc2)sc2cccc(OCC)c21. The molecule has 0 saturated heterocycles. The molecule has 1 aromatic heterocycles. The lowest BCUT2D eigenvalue weighted by Crippen LogP contribution is -2.30. The molecule has 0 aliphatic rings. The maximum atomic E-state index is 13.2. The summed E-state index contributed by atoms with van der Waals surface area (Å²) in [6.45, 7) is 7.32. The topological polar surface area (TPSA) is 81.0 Å². The second-order valence-corrected chi connectivity index (χ2v) is 10.9. The molecule has 0 aliphatic carbocycles. The van der Waals surface area contributed by atoms with Crippen LogP contribution in [0, 0.1) is 0 Å². The summed E-state index contributed by atoms with van der Waals surface area (Å²) in [5.41, 5.74) is 1.84. The van der Waals surface area contributed by atoms with Crippen molar-refractivity contribution in [2.24, 2.45) is 4.99 Å². The Morgan fingerprint density at radius 3 is 2.33 bits per heavy atom. The monoisotopic (exact) mass is 523 g/mol. The minimum atomic E-state index is -3.77. The predicted octanol–water partition coefficient (Wildman–Crippen LogP) is 5.47. The van der Waals surface area contributed by atoms with Crippen LogP contribution in [-0.2, 0) is 16.6 Å². The number of fused-ring (bicyclic) bond motifs is 1. The standard InChI is InChI=1S/C27H29N3O4S2/c1-4-19-29-25-23(34-6-3)13-10-14-24(25)35-27(29)28-26(31)20-15-17-22(18-16-20)36(32,33)30(5-2)21-11-8-7-9-12-21/h7-18H,4-6,19H2,1-3H3. The van der Waals surface area contributed by atoms with Crippen LogP contribution in [0.3, 0.4) is 0 Å². The van der Waals surface area contributed by atoms with E-state index in [-0.39, 0.29) is 11.4 Å². The molecule has 1 heterocycles. The Morgan fingerprint density at radius 2 is 1.69 bits per heavy atom. The summed E-state index contributed by atoms with van der Waals surface area (Å²) >= 11 is 1.43. The lowest BCUT2D eigenvalue weighted by atomic mass is 10.2. The highest BCUT2D eigenvalue weighted by molar-refractivity contribution is 7.92. The number of sulfonamides is 1. The third kappa shape index (κ3) is 5.08. The van der Waals surface area contributed by atoms with Crippen molar-refractivity contribution in [1.29, 1.82) is 0 Å². The molecule has 3 aromatic carbocycles. The molecule has 4 aromatic rings. The van der Waals surface area contributed by atoms with Crippen molar-refractivity contribution in [2.45, 2.75) is 38.6 Å². The van der Waals surface area contributed by atoms with Gasteiger partial charge >= 0.3 is 0 Å². The Bertz CT molecular complexity index is 1520. The summed E-state index contributed by atoms with van der Waals surface area (Å²) in [5.74, 6) is 0.339. The van der Waals surface area contributed by atoms with E-state index in [0.29, 0.717) is 29.2 Å². The molecule has 7 nitrogen and oxygen atoms in total. The molecule has 0 N–H and O–H groups in total. The number of thiazole rings is 1. The van der Waals surface area contributed by atoms with Crippen molar-refractivity contribution in [2.75, 3.05) is 17.5 Å². The Morgan fingerprint density at radius 1 is 0.972 bits per heavy atom. The van der Waals surface area contributed by atoms with Gasteiger partial charge in [0.25, 0.3) is 15.9 Å². The number of amides is 1. The Hall–Kier alpha value is -3.43. The number of anilines is 1. The highest BCUT2D eigenvalue weighted by Crippen LogP contribution is 2.28. The molecule has 0 fully saturated rings. The van der Waals surface area contributed by atoms with Gasteiger partial charge in [-0.2, -0.15) is 4.99 Å². The van der Waals surface area contributed by atoms with E-state index in [1.165, 1.54) is 39.9 Å². The zero-order valence-corrected chi connectivity index (χ0v) is 22.2. The second kappa shape index (κ2) is 11.1. The summed E-state index contributed by atoms with van der Waals surface area (Å²) < 4.78 is 36.6. The van der Waals surface area contributed by atoms with E-state index in [4.69, 9.17) is 4.74 Å². The number of ether oxygens (including phenoxy) is 1. The normalized spacial score (nSPS) is 12.1. The van der Waals surface area contributed by atoms with E-state index in [2.05, 4.69) is 11.9 Å². The maximum absolute atomic E-state index is 13.2. The van der Waals surface area contributed by atoms with Gasteiger partial charge in [-0.1, -0.05) is 42.5 Å². The zero-order valence-electron chi connectivity index (χ0n) is 20.5. The number of aromatic nitrogens is 1. The van der Waals surface area contributed by atoms with Crippen molar-refractivity contribution in [3.63, 3.8) is 0 Å². The molecule has 188 valence electrons. The van der Waals surface area contributed by atoms with Gasteiger partial charge in [0, 0.05) is 18.7 Å². The molecule has 4 rings (SSSR count). The predicted molar refractivity (Wildman–Crippen MR) is 144 cm³/mol. The number of rotatable bonds is 9. The first kappa shape index (κ1) is 25.7. The molecule has 0 spiro atoms. The number of benzene rings is 3. The molecular formula is C27H29N3O4S2. The minimum Gasteiger partial charge on any atom is -0.492 e. The Kier molecular flexibility index (Phi) is 7.91. The van der Waals surface area contributed by atoms with Gasteiger partial charge in [-0.05, 0) is 68.8 Å². The third-order valence-electron chi connectivity index (χ3n) is 5.63. The van der Waals surface area contributed by atoms with Gasteiger partial charge < -0.3 is 9.30 Å². The van der Waals surface area contributed by atoms with Crippen LogP contribution >= 0.6 is 11.3 Å². The quantitative estimate of drug-likeness (QED) is 0.291. The summed E-state index contributed by atoms with van der Waals surface area (Å²) in [5, 5.41) is 0. The molecule has 0 saturated carbocycles. The summed E-state index contributed by atoms with van der Waals surface area (Å²) in [6, 6.07) is 20.7.